The van der Waals surface area contributed by atoms with E-state index in [2.05, 4.69) is 15.9 Å². The van der Waals surface area contributed by atoms with Crippen molar-refractivity contribution < 1.29 is 28.9 Å². The SMILES string of the molecule is C#C[C@@]1(COC(=O)OCc2ccccc2)CC[C@H](n2ccc3c(N)nc(Cl)nc32)O1.CCCC(=O)O. The number of aliphatic carboxylic acids is 1. The molecule has 1 aliphatic heterocycles. The lowest BCUT2D eigenvalue weighted by molar-refractivity contribution is -0.137. The Kier molecular flexibility index (Phi) is 9.11. The van der Waals surface area contributed by atoms with Crippen LogP contribution in [0.25, 0.3) is 11.0 Å². The van der Waals surface area contributed by atoms with Crippen molar-refractivity contribution in [3.05, 3.63) is 53.4 Å². The summed E-state index contributed by atoms with van der Waals surface area (Å²) in [5.41, 5.74) is 6.25. The molecule has 0 spiro atoms. The van der Waals surface area contributed by atoms with Gasteiger partial charge in [0.25, 0.3) is 0 Å². The van der Waals surface area contributed by atoms with Crippen LogP contribution in [0.2, 0.25) is 5.28 Å². The van der Waals surface area contributed by atoms with Gasteiger partial charge in [0.2, 0.25) is 5.28 Å². The van der Waals surface area contributed by atoms with E-state index in [0.29, 0.717) is 30.3 Å². The predicted octanol–water partition coefficient (Wildman–Crippen LogP) is 4.57. The highest BCUT2D eigenvalue weighted by molar-refractivity contribution is 6.28. The molecule has 2 atom stereocenters. The summed E-state index contributed by atoms with van der Waals surface area (Å²) >= 11 is 5.94. The number of halogens is 1. The van der Waals surface area contributed by atoms with E-state index in [1.807, 2.05) is 37.3 Å². The van der Waals surface area contributed by atoms with Crippen molar-refractivity contribution in [2.75, 3.05) is 12.3 Å². The Labute approximate surface area is 213 Å². The fourth-order valence-electron chi connectivity index (χ4n) is 3.59. The van der Waals surface area contributed by atoms with Crippen molar-refractivity contribution in [1.29, 1.82) is 0 Å². The van der Waals surface area contributed by atoms with Gasteiger partial charge in [-0.15, -0.1) is 6.42 Å². The molecule has 0 unspecified atom stereocenters. The summed E-state index contributed by atoms with van der Waals surface area (Å²) in [6, 6.07) is 11.1. The Bertz CT molecular complexity index is 1240. The van der Waals surface area contributed by atoms with Gasteiger partial charge in [0.15, 0.2) is 5.60 Å². The number of aromatic nitrogens is 3. The van der Waals surface area contributed by atoms with Gasteiger partial charge in [-0.05, 0) is 42.5 Å². The summed E-state index contributed by atoms with van der Waals surface area (Å²) < 4.78 is 18.2. The maximum atomic E-state index is 12.0. The van der Waals surface area contributed by atoms with E-state index < -0.39 is 24.0 Å². The van der Waals surface area contributed by atoms with Crippen LogP contribution in [0, 0.1) is 12.3 Å². The van der Waals surface area contributed by atoms with Crippen LogP contribution in [0.4, 0.5) is 10.6 Å². The third-order valence-electron chi connectivity index (χ3n) is 5.39. The van der Waals surface area contributed by atoms with Crippen molar-refractivity contribution in [3.8, 4) is 12.3 Å². The van der Waals surface area contributed by atoms with Crippen molar-refractivity contribution in [3.63, 3.8) is 0 Å². The molecular weight excluding hydrogens is 488 g/mol. The van der Waals surface area contributed by atoms with Gasteiger partial charge in [-0.25, -0.2) is 9.78 Å². The summed E-state index contributed by atoms with van der Waals surface area (Å²) in [6.07, 6.45) is 8.40. The largest absolute Gasteiger partial charge is 0.508 e. The smallest absolute Gasteiger partial charge is 0.481 e. The van der Waals surface area contributed by atoms with Crippen molar-refractivity contribution >= 4 is 40.6 Å². The van der Waals surface area contributed by atoms with E-state index in [4.69, 9.17) is 43.1 Å². The number of terminal acetylenes is 1. The van der Waals surface area contributed by atoms with Gasteiger partial charge in [-0.2, -0.15) is 4.98 Å². The number of benzene rings is 1. The van der Waals surface area contributed by atoms with E-state index in [1.165, 1.54) is 0 Å². The van der Waals surface area contributed by atoms with Crippen LogP contribution in [0.1, 0.15) is 44.4 Å². The van der Waals surface area contributed by atoms with Gasteiger partial charge in [0.1, 0.15) is 30.9 Å². The number of anilines is 1. The van der Waals surface area contributed by atoms with Crippen molar-refractivity contribution in [2.45, 2.75) is 51.0 Å². The minimum Gasteiger partial charge on any atom is -0.481 e. The van der Waals surface area contributed by atoms with E-state index in [9.17, 15) is 9.59 Å². The van der Waals surface area contributed by atoms with Gasteiger partial charge in [0.05, 0.1) is 5.39 Å². The second-order valence-corrected chi connectivity index (χ2v) is 8.38. The van der Waals surface area contributed by atoms with Crippen LogP contribution >= 0.6 is 11.6 Å². The molecular formula is C25H27ClN4O6. The molecule has 190 valence electrons. The van der Waals surface area contributed by atoms with Crippen LogP contribution < -0.4 is 5.73 Å². The molecule has 1 fully saturated rings. The Morgan fingerprint density at radius 2 is 2.06 bits per heavy atom. The van der Waals surface area contributed by atoms with Gasteiger partial charge >= 0.3 is 12.1 Å². The molecule has 1 aromatic carbocycles. The van der Waals surface area contributed by atoms with Crippen molar-refractivity contribution in [1.82, 2.24) is 14.5 Å². The van der Waals surface area contributed by atoms with Crippen LogP contribution in [-0.4, -0.2) is 44.0 Å². The quantitative estimate of drug-likeness (QED) is 0.263. The molecule has 3 heterocycles. The number of rotatable bonds is 7. The number of ether oxygens (including phenoxy) is 3. The summed E-state index contributed by atoms with van der Waals surface area (Å²) in [4.78, 5) is 29.8. The van der Waals surface area contributed by atoms with Gasteiger partial charge in [-0.1, -0.05) is 43.2 Å². The highest BCUT2D eigenvalue weighted by atomic mass is 35.5. The monoisotopic (exact) mass is 514 g/mol. The normalized spacial score (nSPS) is 18.6. The molecule has 10 nitrogen and oxygen atoms in total. The lowest BCUT2D eigenvalue weighted by Crippen LogP contribution is -2.34. The minimum absolute atomic E-state index is 0.0469. The van der Waals surface area contributed by atoms with Gasteiger partial charge in [0, 0.05) is 12.6 Å². The number of nitrogens with zero attached hydrogens (tertiary/aromatic N) is 3. The number of carboxylic acid groups (broad SMARTS) is 1. The van der Waals surface area contributed by atoms with E-state index in [0.717, 1.165) is 12.0 Å². The number of carbonyl (C=O) groups is 2. The molecule has 0 amide bonds. The zero-order valence-corrected chi connectivity index (χ0v) is 20.5. The lowest BCUT2D eigenvalue weighted by atomic mass is 10.0. The number of carboxylic acids is 1. The fraction of sp³-hybridized carbons (Fsp3) is 0.360. The standard InChI is InChI=1S/C21H19ClN4O4.C4H8O2/c1-2-21(13-29-20(27)28-12-14-6-4-3-5-7-14)10-8-16(30-21)26-11-9-15-17(23)24-19(22)25-18(15)26;1-2-3-4(5)6/h1,3-7,9,11,16H,8,10,12-13H2,(H2,23,24,25);2-3H2,1H3,(H,5,6)/t16-,21+;/m1./s1. The Morgan fingerprint density at radius 3 is 2.69 bits per heavy atom. The topological polar surface area (TPSA) is 139 Å². The third kappa shape index (κ3) is 6.87. The Morgan fingerprint density at radius 1 is 1.31 bits per heavy atom. The number of hydrogen-bond donors (Lipinski definition) is 2. The molecule has 0 aliphatic carbocycles. The molecule has 11 heteroatoms. The Hall–Kier alpha value is -3.81. The molecule has 0 radical (unpaired) electrons. The summed E-state index contributed by atoms with van der Waals surface area (Å²) in [5.74, 6) is 2.19. The number of fused-ring (bicyclic) bond motifs is 1. The van der Waals surface area contributed by atoms with Crippen LogP contribution in [0.5, 0.6) is 0 Å². The average molecular weight is 515 g/mol. The summed E-state index contributed by atoms with van der Waals surface area (Å²) in [5, 5.41) is 8.63. The molecule has 2 aromatic heterocycles. The molecule has 1 saturated heterocycles. The van der Waals surface area contributed by atoms with Crippen LogP contribution in [-0.2, 0) is 25.6 Å². The molecule has 36 heavy (non-hydrogen) atoms. The first-order valence-electron chi connectivity index (χ1n) is 11.3. The molecule has 3 aromatic rings. The first-order chi connectivity index (χ1) is 17.3. The molecule has 1 aliphatic rings. The van der Waals surface area contributed by atoms with E-state index in [-0.39, 0.29) is 24.3 Å². The molecule has 3 N–H and O–H groups in total. The first-order valence-corrected chi connectivity index (χ1v) is 11.6. The second kappa shape index (κ2) is 12.2. The van der Waals surface area contributed by atoms with Crippen molar-refractivity contribution in [2.24, 2.45) is 0 Å². The van der Waals surface area contributed by atoms with E-state index in [1.54, 1.807) is 16.8 Å². The maximum Gasteiger partial charge on any atom is 0.508 e. The van der Waals surface area contributed by atoms with Gasteiger partial charge < -0.3 is 29.6 Å². The highest BCUT2D eigenvalue weighted by Gasteiger charge is 2.41. The predicted molar refractivity (Wildman–Crippen MR) is 133 cm³/mol. The zero-order valence-electron chi connectivity index (χ0n) is 19.7. The molecule has 4 rings (SSSR count). The number of nitrogens with two attached hydrogens (primary N) is 1. The second-order valence-electron chi connectivity index (χ2n) is 8.04. The zero-order chi connectivity index (χ0) is 26.1. The third-order valence-corrected chi connectivity index (χ3v) is 5.56. The number of nitrogen functional groups attached to an aromatic ring is 1. The van der Waals surface area contributed by atoms with Crippen LogP contribution in [0.15, 0.2) is 42.6 Å². The summed E-state index contributed by atoms with van der Waals surface area (Å²) in [6.45, 7) is 1.84. The molecule has 0 saturated carbocycles. The number of carbonyl (C=O) groups excluding carboxylic acids is 1. The fourth-order valence-corrected chi connectivity index (χ4v) is 3.76. The summed E-state index contributed by atoms with van der Waals surface area (Å²) in [7, 11) is 0. The lowest BCUT2D eigenvalue weighted by Gasteiger charge is -2.23. The van der Waals surface area contributed by atoms with E-state index >= 15 is 0 Å². The maximum absolute atomic E-state index is 12.0. The first kappa shape index (κ1) is 26.8. The number of hydrogen-bond acceptors (Lipinski definition) is 8. The minimum atomic E-state index is -1.06. The average Bonchev–Trinajstić information content (AvgIpc) is 3.47. The van der Waals surface area contributed by atoms with Crippen LogP contribution in [0.3, 0.4) is 0 Å². The van der Waals surface area contributed by atoms with Gasteiger partial charge in [-0.3, -0.25) is 4.79 Å². The Balaban J connectivity index is 0.000000538. The molecule has 0 bridgehead atoms. The highest BCUT2D eigenvalue weighted by Crippen LogP contribution is 2.38.